The molecular formula is C15H14ClN5O2S. The third kappa shape index (κ3) is 4.59. The third-order valence-electron chi connectivity index (χ3n) is 3.12. The van der Waals surface area contributed by atoms with Gasteiger partial charge in [-0.3, -0.25) is 4.79 Å². The summed E-state index contributed by atoms with van der Waals surface area (Å²) < 4.78 is 6.86. The summed E-state index contributed by atoms with van der Waals surface area (Å²) in [5, 5.41) is 15.5. The molecule has 0 aliphatic heterocycles. The van der Waals surface area contributed by atoms with Crippen LogP contribution >= 0.6 is 23.4 Å². The summed E-state index contributed by atoms with van der Waals surface area (Å²) in [6, 6.07) is 11.0. The summed E-state index contributed by atoms with van der Waals surface area (Å²) in [7, 11) is 0. The van der Waals surface area contributed by atoms with Crippen molar-refractivity contribution >= 4 is 29.3 Å². The van der Waals surface area contributed by atoms with E-state index in [-0.39, 0.29) is 11.7 Å². The molecular weight excluding hydrogens is 350 g/mol. The Bertz CT molecular complexity index is 789. The van der Waals surface area contributed by atoms with Gasteiger partial charge in [-0.25, -0.2) is 4.68 Å². The van der Waals surface area contributed by atoms with Crippen molar-refractivity contribution in [3.63, 3.8) is 0 Å². The molecule has 9 heteroatoms. The standard InChI is InChI=1S/C15H14ClN5O2S/c16-12-5-3-11(4-6-12)8-17-14(22)10-24-15-18-19-20-21(15)9-13-2-1-7-23-13/h1-7H,8-10H2,(H,17,22). The molecule has 3 rings (SSSR count). The highest BCUT2D eigenvalue weighted by atomic mass is 35.5. The number of hydrogen-bond donors (Lipinski definition) is 1. The first-order valence-corrected chi connectivity index (χ1v) is 8.49. The van der Waals surface area contributed by atoms with Crippen LogP contribution < -0.4 is 5.32 Å². The number of thioether (sulfide) groups is 1. The fourth-order valence-electron chi connectivity index (χ4n) is 1.93. The van der Waals surface area contributed by atoms with Gasteiger partial charge in [-0.2, -0.15) is 0 Å². The molecule has 3 aromatic rings. The SMILES string of the molecule is O=C(CSc1nnnn1Cc1ccco1)NCc1ccc(Cl)cc1. The van der Waals surface area contributed by atoms with Crippen LogP contribution in [0.25, 0.3) is 0 Å². The molecule has 2 aromatic heterocycles. The van der Waals surface area contributed by atoms with Gasteiger partial charge in [-0.15, -0.1) is 5.10 Å². The average Bonchev–Trinajstić information content (AvgIpc) is 3.25. The van der Waals surface area contributed by atoms with E-state index >= 15 is 0 Å². The van der Waals surface area contributed by atoms with Crippen LogP contribution in [0.4, 0.5) is 0 Å². The van der Waals surface area contributed by atoms with E-state index < -0.39 is 0 Å². The number of hydrogen-bond acceptors (Lipinski definition) is 6. The molecule has 1 N–H and O–H groups in total. The number of nitrogens with zero attached hydrogens (tertiary/aromatic N) is 4. The molecule has 124 valence electrons. The van der Waals surface area contributed by atoms with E-state index in [0.717, 1.165) is 11.3 Å². The van der Waals surface area contributed by atoms with Crippen LogP contribution in [0.2, 0.25) is 5.02 Å². The van der Waals surface area contributed by atoms with Gasteiger partial charge in [-0.05, 0) is 40.3 Å². The summed E-state index contributed by atoms with van der Waals surface area (Å²) >= 11 is 7.10. The van der Waals surface area contributed by atoms with Crippen LogP contribution in [0.1, 0.15) is 11.3 Å². The molecule has 0 saturated carbocycles. The highest BCUT2D eigenvalue weighted by Gasteiger charge is 2.11. The molecule has 1 aromatic carbocycles. The van der Waals surface area contributed by atoms with Crippen molar-refractivity contribution in [2.24, 2.45) is 0 Å². The minimum atomic E-state index is -0.0949. The third-order valence-corrected chi connectivity index (χ3v) is 4.33. The van der Waals surface area contributed by atoms with Crippen LogP contribution in [0.5, 0.6) is 0 Å². The molecule has 0 atom stereocenters. The predicted octanol–water partition coefficient (Wildman–Crippen LogP) is 2.38. The number of tetrazole rings is 1. The van der Waals surface area contributed by atoms with E-state index in [9.17, 15) is 4.79 Å². The second-order valence-electron chi connectivity index (χ2n) is 4.89. The zero-order valence-electron chi connectivity index (χ0n) is 12.6. The fourth-order valence-corrected chi connectivity index (χ4v) is 2.77. The minimum absolute atomic E-state index is 0.0949. The number of benzene rings is 1. The Morgan fingerprint density at radius 3 is 2.88 bits per heavy atom. The monoisotopic (exact) mass is 363 g/mol. The number of furan rings is 1. The van der Waals surface area contributed by atoms with Crippen molar-refractivity contribution in [2.45, 2.75) is 18.2 Å². The number of carbonyl (C=O) groups is 1. The molecule has 0 radical (unpaired) electrons. The smallest absolute Gasteiger partial charge is 0.230 e. The van der Waals surface area contributed by atoms with Crippen molar-refractivity contribution in [1.82, 2.24) is 25.5 Å². The Hall–Kier alpha value is -2.32. The van der Waals surface area contributed by atoms with E-state index in [1.54, 1.807) is 29.1 Å². The number of aromatic nitrogens is 4. The van der Waals surface area contributed by atoms with Gasteiger partial charge in [0.15, 0.2) is 0 Å². The molecule has 2 heterocycles. The molecule has 0 saturated heterocycles. The van der Waals surface area contributed by atoms with Crippen LogP contribution in [-0.4, -0.2) is 31.9 Å². The summed E-state index contributed by atoms with van der Waals surface area (Å²) in [4.78, 5) is 12.0. The minimum Gasteiger partial charge on any atom is -0.467 e. The van der Waals surface area contributed by atoms with Crippen molar-refractivity contribution in [2.75, 3.05) is 5.75 Å². The van der Waals surface area contributed by atoms with E-state index in [1.807, 2.05) is 18.2 Å². The lowest BCUT2D eigenvalue weighted by Gasteiger charge is -2.05. The highest BCUT2D eigenvalue weighted by molar-refractivity contribution is 7.99. The maximum Gasteiger partial charge on any atom is 0.230 e. The molecule has 0 spiro atoms. The molecule has 1 amide bonds. The largest absolute Gasteiger partial charge is 0.467 e. The Balaban J connectivity index is 1.48. The average molecular weight is 364 g/mol. The first-order valence-electron chi connectivity index (χ1n) is 7.13. The summed E-state index contributed by atoms with van der Waals surface area (Å²) in [6.07, 6.45) is 1.59. The highest BCUT2D eigenvalue weighted by Crippen LogP contribution is 2.15. The van der Waals surface area contributed by atoms with Crippen LogP contribution in [0.15, 0.2) is 52.2 Å². The normalized spacial score (nSPS) is 10.7. The topological polar surface area (TPSA) is 85.8 Å². The number of rotatable bonds is 7. The van der Waals surface area contributed by atoms with Gasteiger partial charge in [0.25, 0.3) is 0 Å². The van der Waals surface area contributed by atoms with Gasteiger partial charge in [0.1, 0.15) is 12.3 Å². The first kappa shape index (κ1) is 16.5. The Labute approximate surface area is 147 Å². The second-order valence-corrected chi connectivity index (χ2v) is 6.27. The van der Waals surface area contributed by atoms with Crippen molar-refractivity contribution in [3.05, 3.63) is 59.0 Å². The Kier molecular flexibility index (Phi) is 5.50. The number of amides is 1. The maximum atomic E-state index is 12.0. The van der Waals surface area contributed by atoms with E-state index in [4.69, 9.17) is 16.0 Å². The van der Waals surface area contributed by atoms with E-state index in [0.29, 0.717) is 23.3 Å². The molecule has 0 aliphatic carbocycles. The van der Waals surface area contributed by atoms with Crippen LogP contribution in [0, 0.1) is 0 Å². The molecule has 0 unspecified atom stereocenters. The number of carbonyl (C=O) groups excluding carboxylic acids is 1. The zero-order valence-corrected chi connectivity index (χ0v) is 14.1. The molecule has 0 aliphatic rings. The van der Waals surface area contributed by atoms with Gasteiger partial charge in [0.2, 0.25) is 11.1 Å². The fraction of sp³-hybridized carbons (Fsp3) is 0.200. The van der Waals surface area contributed by atoms with E-state index in [1.165, 1.54) is 11.8 Å². The van der Waals surface area contributed by atoms with Crippen molar-refractivity contribution in [3.8, 4) is 0 Å². The van der Waals surface area contributed by atoms with E-state index in [2.05, 4.69) is 20.8 Å². The maximum absolute atomic E-state index is 12.0. The van der Waals surface area contributed by atoms with Crippen molar-refractivity contribution < 1.29 is 9.21 Å². The lowest BCUT2D eigenvalue weighted by atomic mass is 10.2. The predicted molar refractivity (Wildman–Crippen MR) is 89.6 cm³/mol. The molecule has 0 bridgehead atoms. The number of nitrogens with one attached hydrogen (secondary N) is 1. The second kappa shape index (κ2) is 7.98. The summed E-state index contributed by atoms with van der Waals surface area (Å²) in [5.74, 6) is 0.880. The Morgan fingerprint density at radius 1 is 1.29 bits per heavy atom. The first-order chi connectivity index (χ1) is 11.7. The molecule has 7 nitrogen and oxygen atoms in total. The summed E-state index contributed by atoms with van der Waals surface area (Å²) in [5.41, 5.74) is 0.986. The number of halogens is 1. The van der Waals surface area contributed by atoms with Gasteiger partial charge in [0, 0.05) is 11.6 Å². The summed E-state index contributed by atoms with van der Waals surface area (Å²) in [6.45, 7) is 0.878. The Morgan fingerprint density at radius 2 is 2.12 bits per heavy atom. The molecule has 24 heavy (non-hydrogen) atoms. The zero-order chi connectivity index (χ0) is 16.8. The van der Waals surface area contributed by atoms with Gasteiger partial charge in [-0.1, -0.05) is 35.5 Å². The lowest BCUT2D eigenvalue weighted by molar-refractivity contribution is -0.118. The quantitative estimate of drug-likeness (QED) is 0.648. The van der Waals surface area contributed by atoms with Gasteiger partial charge < -0.3 is 9.73 Å². The van der Waals surface area contributed by atoms with Crippen LogP contribution in [-0.2, 0) is 17.9 Å². The van der Waals surface area contributed by atoms with Crippen LogP contribution in [0.3, 0.4) is 0 Å². The lowest BCUT2D eigenvalue weighted by Crippen LogP contribution is -2.24. The van der Waals surface area contributed by atoms with Crippen molar-refractivity contribution in [1.29, 1.82) is 0 Å². The molecule has 0 fully saturated rings. The van der Waals surface area contributed by atoms with Gasteiger partial charge in [0.05, 0.1) is 12.0 Å². The van der Waals surface area contributed by atoms with Gasteiger partial charge >= 0.3 is 0 Å².